The summed E-state index contributed by atoms with van der Waals surface area (Å²) in [5, 5.41) is 17.0. The van der Waals surface area contributed by atoms with Crippen molar-refractivity contribution < 1.29 is 9.59 Å². The first-order valence-corrected chi connectivity index (χ1v) is 12.2. The first-order valence-electron chi connectivity index (χ1n) is 11.7. The van der Waals surface area contributed by atoms with Gasteiger partial charge in [0.1, 0.15) is 0 Å². The molecule has 9 heteroatoms. The van der Waals surface area contributed by atoms with Gasteiger partial charge in [-0.15, -0.1) is 10.2 Å². The average molecular weight is 481 g/mol. The monoisotopic (exact) mass is 480 g/mol. The van der Waals surface area contributed by atoms with Crippen LogP contribution < -0.4 is 5.32 Å². The van der Waals surface area contributed by atoms with Gasteiger partial charge in [0.15, 0.2) is 0 Å². The van der Waals surface area contributed by atoms with E-state index in [2.05, 4.69) is 38.6 Å². The van der Waals surface area contributed by atoms with Crippen LogP contribution in [0, 0.1) is 0 Å². The lowest BCUT2D eigenvalue weighted by Crippen LogP contribution is -2.40. The first kappa shape index (κ1) is 25.4. The van der Waals surface area contributed by atoms with Gasteiger partial charge in [-0.1, -0.05) is 68.8 Å². The molecule has 2 amide bonds. The van der Waals surface area contributed by atoms with Crippen LogP contribution in [-0.4, -0.2) is 55.7 Å². The van der Waals surface area contributed by atoms with Gasteiger partial charge in [0.25, 0.3) is 0 Å². The van der Waals surface area contributed by atoms with Gasteiger partial charge < -0.3 is 10.2 Å². The third-order valence-electron chi connectivity index (χ3n) is 5.51. The molecule has 1 heterocycles. The predicted octanol–water partition coefficient (Wildman–Crippen LogP) is 3.88. The first-order chi connectivity index (χ1) is 16.5. The quantitative estimate of drug-likeness (QED) is 0.341. The zero-order chi connectivity index (χ0) is 24.3. The number of aromatic nitrogens is 4. The number of carbonyl (C=O) groups excluding carboxylic acids is 2. The number of benzene rings is 2. The highest BCUT2D eigenvalue weighted by atomic mass is 32.1. The van der Waals surface area contributed by atoms with Crippen LogP contribution in [0.3, 0.4) is 0 Å². The maximum Gasteiger partial charge on any atom is 0.232 e. The molecule has 180 valence electrons. The highest BCUT2D eigenvalue weighted by molar-refractivity contribution is 7.81. The Hall–Kier alpha value is -3.20. The highest BCUT2D eigenvalue weighted by Crippen LogP contribution is 2.29. The number of tetrazole rings is 1. The Balaban J connectivity index is 1.68. The molecular weight excluding hydrogens is 448 g/mol. The van der Waals surface area contributed by atoms with E-state index in [0.717, 1.165) is 41.5 Å². The molecule has 0 aliphatic rings. The minimum atomic E-state index is -0.312. The van der Waals surface area contributed by atoms with Gasteiger partial charge in [-0.2, -0.15) is 17.8 Å². The zero-order valence-electron chi connectivity index (χ0n) is 19.7. The van der Waals surface area contributed by atoms with Crippen molar-refractivity contribution >= 4 is 24.4 Å². The summed E-state index contributed by atoms with van der Waals surface area (Å²) in [7, 11) is 0. The molecule has 0 saturated carbocycles. The number of H-pyrrole nitrogens is 1. The lowest BCUT2D eigenvalue weighted by molar-refractivity contribution is -0.132. The summed E-state index contributed by atoms with van der Waals surface area (Å²) in [6.07, 6.45) is 2.89. The number of hydrogen-bond donors (Lipinski definition) is 3. The Kier molecular flexibility index (Phi) is 9.63. The fourth-order valence-corrected chi connectivity index (χ4v) is 4.07. The summed E-state index contributed by atoms with van der Waals surface area (Å²) in [6, 6.07) is 16.0. The molecule has 2 aromatic carbocycles. The molecule has 3 rings (SSSR count). The lowest BCUT2D eigenvalue weighted by atomic mass is 9.98. The van der Waals surface area contributed by atoms with Crippen molar-refractivity contribution in [2.75, 3.05) is 13.1 Å². The Morgan fingerprint density at radius 2 is 1.79 bits per heavy atom. The van der Waals surface area contributed by atoms with E-state index in [1.807, 2.05) is 62.4 Å². The Morgan fingerprint density at radius 3 is 2.44 bits per heavy atom. The number of amides is 2. The van der Waals surface area contributed by atoms with Crippen molar-refractivity contribution in [1.29, 1.82) is 0 Å². The van der Waals surface area contributed by atoms with Crippen molar-refractivity contribution in [3.8, 4) is 22.5 Å². The van der Waals surface area contributed by atoms with Gasteiger partial charge in [-0.3, -0.25) is 9.59 Å². The Morgan fingerprint density at radius 1 is 1.06 bits per heavy atom. The zero-order valence-corrected chi connectivity index (χ0v) is 20.6. The van der Waals surface area contributed by atoms with Crippen molar-refractivity contribution in [3.05, 3.63) is 54.1 Å². The molecule has 34 heavy (non-hydrogen) atoms. The fraction of sp³-hybridized carbons (Fsp3) is 0.400. The molecule has 1 unspecified atom stereocenters. The number of hydrogen-bond acceptors (Lipinski definition) is 6. The third-order valence-corrected chi connectivity index (χ3v) is 6.01. The topological polar surface area (TPSA) is 104 Å². The van der Waals surface area contributed by atoms with E-state index in [9.17, 15) is 9.59 Å². The Bertz CT molecular complexity index is 1060. The van der Waals surface area contributed by atoms with Crippen LogP contribution >= 0.6 is 12.6 Å². The number of thiol groups is 1. The van der Waals surface area contributed by atoms with Crippen molar-refractivity contribution in [2.24, 2.45) is 0 Å². The molecule has 0 saturated heterocycles. The van der Waals surface area contributed by atoms with Gasteiger partial charge in [0, 0.05) is 31.6 Å². The molecule has 8 nitrogen and oxygen atoms in total. The van der Waals surface area contributed by atoms with Crippen LogP contribution in [0.4, 0.5) is 0 Å². The molecule has 3 aromatic rings. The standard InChI is InChI=1S/C25H32N6O2S/c1-3-7-22(34)25(33)26-15-16-31(23(32)8-4-2)17-18-11-13-19(14-12-18)20-9-5-6-10-21(20)24-27-29-30-28-24/h5-6,9-14,22,34H,3-4,7-8,15-17H2,1-2H3,(H,26,33)(H,27,28,29,30). The van der Waals surface area contributed by atoms with E-state index < -0.39 is 0 Å². The van der Waals surface area contributed by atoms with Gasteiger partial charge in [0.05, 0.1) is 5.25 Å². The minimum absolute atomic E-state index is 0.0826. The molecule has 0 radical (unpaired) electrons. The second-order valence-electron chi connectivity index (χ2n) is 8.14. The van der Waals surface area contributed by atoms with E-state index in [0.29, 0.717) is 31.9 Å². The second-order valence-corrected chi connectivity index (χ2v) is 8.76. The second kappa shape index (κ2) is 12.9. The SMILES string of the molecule is CCCC(=O)N(CCNC(=O)C(S)CCC)Cc1ccc(-c2ccccc2-c2nn[nH]n2)cc1. The van der Waals surface area contributed by atoms with Gasteiger partial charge in [-0.25, -0.2) is 0 Å². The molecule has 0 bridgehead atoms. The molecule has 1 atom stereocenters. The minimum Gasteiger partial charge on any atom is -0.353 e. The number of carbonyl (C=O) groups is 2. The number of nitrogens with zero attached hydrogens (tertiary/aromatic N) is 4. The number of aromatic amines is 1. The Labute approximate surface area is 205 Å². The average Bonchev–Trinajstić information content (AvgIpc) is 3.39. The molecule has 1 aromatic heterocycles. The fourth-order valence-electron chi connectivity index (χ4n) is 3.72. The highest BCUT2D eigenvalue weighted by Gasteiger charge is 2.16. The van der Waals surface area contributed by atoms with E-state index in [4.69, 9.17) is 0 Å². The predicted molar refractivity (Wildman–Crippen MR) is 136 cm³/mol. The van der Waals surface area contributed by atoms with Gasteiger partial charge >= 0.3 is 0 Å². The summed E-state index contributed by atoms with van der Waals surface area (Å²) in [5.41, 5.74) is 3.95. The molecule has 0 spiro atoms. The normalized spacial score (nSPS) is 11.7. The van der Waals surface area contributed by atoms with Crippen LogP contribution in [0.25, 0.3) is 22.5 Å². The molecule has 0 aliphatic carbocycles. The molecular formula is C25H32N6O2S. The summed E-state index contributed by atoms with van der Waals surface area (Å²) < 4.78 is 0. The van der Waals surface area contributed by atoms with Crippen LogP contribution in [0.15, 0.2) is 48.5 Å². The van der Waals surface area contributed by atoms with Crippen LogP contribution in [0.2, 0.25) is 0 Å². The van der Waals surface area contributed by atoms with E-state index in [1.54, 1.807) is 4.90 Å². The largest absolute Gasteiger partial charge is 0.353 e. The van der Waals surface area contributed by atoms with Crippen LogP contribution in [0.1, 0.15) is 45.1 Å². The van der Waals surface area contributed by atoms with E-state index >= 15 is 0 Å². The maximum atomic E-state index is 12.7. The van der Waals surface area contributed by atoms with E-state index in [-0.39, 0.29) is 17.1 Å². The van der Waals surface area contributed by atoms with E-state index in [1.165, 1.54) is 0 Å². The van der Waals surface area contributed by atoms with Crippen molar-refractivity contribution in [3.63, 3.8) is 0 Å². The molecule has 2 N–H and O–H groups in total. The smallest absolute Gasteiger partial charge is 0.232 e. The van der Waals surface area contributed by atoms with Crippen molar-refractivity contribution in [2.45, 2.75) is 51.3 Å². The summed E-state index contributed by atoms with van der Waals surface area (Å²) >= 11 is 4.34. The van der Waals surface area contributed by atoms with Gasteiger partial charge in [0.2, 0.25) is 17.6 Å². The summed E-state index contributed by atoms with van der Waals surface area (Å²) in [4.78, 5) is 26.7. The molecule has 0 fully saturated rings. The van der Waals surface area contributed by atoms with Gasteiger partial charge in [-0.05, 0) is 34.7 Å². The van der Waals surface area contributed by atoms with Crippen LogP contribution in [-0.2, 0) is 16.1 Å². The van der Waals surface area contributed by atoms with Crippen LogP contribution in [0.5, 0.6) is 0 Å². The molecule has 0 aliphatic heterocycles. The van der Waals surface area contributed by atoms with Crippen molar-refractivity contribution in [1.82, 2.24) is 30.8 Å². The third kappa shape index (κ3) is 6.90. The maximum absolute atomic E-state index is 12.7. The summed E-state index contributed by atoms with van der Waals surface area (Å²) in [6.45, 7) is 5.37. The lowest BCUT2D eigenvalue weighted by Gasteiger charge is -2.23. The number of nitrogens with one attached hydrogen (secondary N) is 2. The number of rotatable bonds is 12. The summed E-state index contributed by atoms with van der Waals surface area (Å²) in [5.74, 6) is 0.539.